The molecule has 1 heterocycles. The van der Waals surface area contributed by atoms with Gasteiger partial charge in [0.1, 0.15) is 9.77 Å². The van der Waals surface area contributed by atoms with Crippen molar-refractivity contribution in [2.24, 2.45) is 0 Å². The first kappa shape index (κ1) is 16.1. The van der Waals surface area contributed by atoms with Crippen LogP contribution in [0.25, 0.3) is 0 Å². The zero-order valence-electron chi connectivity index (χ0n) is 11.0. The van der Waals surface area contributed by atoms with Gasteiger partial charge in [-0.25, -0.2) is 17.9 Å². The van der Waals surface area contributed by atoms with Gasteiger partial charge < -0.3 is 9.84 Å². The third kappa shape index (κ3) is 4.00. The number of methoxy groups -OCH3 is 1. The molecule has 0 aliphatic carbocycles. The SMILES string of the molecule is COCCC(C)NS(=O)(=O)c1c(C)csc1C(=O)O. The lowest BCUT2D eigenvalue weighted by Gasteiger charge is -2.14. The quantitative estimate of drug-likeness (QED) is 0.795. The van der Waals surface area contributed by atoms with Crippen molar-refractivity contribution in [3.05, 3.63) is 15.8 Å². The van der Waals surface area contributed by atoms with Gasteiger partial charge >= 0.3 is 5.97 Å². The number of hydrogen-bond donors (Lipinski definition) is 2. The molecule has 0 fully saturated rings. The molecule has 0 aliphatic rings. The first-order valence-corrected chi connectivity index (χ1v) is 7.98. The molecule has 0 aromatic carbocycles. The predicted molar refractivity (Wildman–Crippen MR) is 72.3 cm³/mol. The Kier molecular flexibility index (Phi) is 5.48. The van der Waals surface area contributed by atoms with Crippen molar-refractivity contribution in [1.29, 1.82) is 0 Å². The van der Waals surface area contributed by atoms with Gasteiger partial charge in [0.05, 0.1) is 0 Å². The van der Waals surface area contributed by atoms with Gasteiger partial charge in [-0.15, -0.1) is 11.3 Å². The lowest BCUT2D eigenvalue weighted by molar-refractivity contribution is 0.0698. The average molecular weight is 307 g/mol. The minimum absolute atomic E-state index is 0.144. The summed E-state index contributed by atoms with van der Waals surface area (Å²) >= 11 is 0.913. The van der Waals surface area contributed by atoms with Crippen LogP contribution in [0.2, 0.25) is 0 Å². The third-order valence-corrected chi connectivity index (χ3v) is 5.48. The van der Waals surface area contributed by atoms with Crippen molar-refractivity contribution in [3.8, 4) is 0 Å². The normalized spacial score (nSPS) is 13.4. The van der Waals surface area contributed by atoms with E-state index in [9.17, 15) is 13.2 Å². The van der Waals surface area contributed by atoms with Gasteiger partial charge in [0.15, 0.2) is 0 Å². The second kappa shape index (κ2) is 6.47. The van der Waals surface area contributed by atoms with E-state index in [0.717, 1.165) is 11.3 Å². The molecule has 1 aromatic rings. The molecule has 8 heteroatoms. The van der Waals surface area contributed by atoms with Crippen LogP contribution in [0, 0.1) is 6.92 Å². The Labute approximate surface area is 116 Å². The Balaban J connectivity index is 3.01. The van der Waals surface area contributed by atoms with Gasteiger partial charge in [-0.05, 0) is 31.2 Å². The Hall–Kier alpha value is -0.960. The summed E-state index contributed by atoms with van der Waals surface area (Å²) in [4.78, 5) is 10.7. The molecule has 1 aromatic heterocycles. The number of nitrogens with one attached hydrogen (secondary N) is 1. The topological polar surface area (TPSA) is 92.7 Å². The molecule has 6 nitrogen and oxygen atoms in total. The number of carbonyl (C=O) groups is 1. The van der Waals surface area contributed by atoms with Crippen LogP contribution in [0.4, 0.5) is 0 Å². The first-order chi connectivity index (χ1) is 8.79. The van der Waals surface area contributed by atoms with Gasteiger partial charge in [0, 0.05) is 19.8 Å². The molecule has 108 valence electrons. The number of thiophene rings is 1. The van der Waals surface area contributed by atoms with Gasteiger partial charge in [0.2, 0.25) is 10.0 Å². The summed E-state index contributed by atoms with van der Waals surface area (Å²) in [6, 6.07) is -0.328. The van der Waals surface area contributed by atoms with Gasteiger partial charge in [-0.2, -0.15) is 0 Å². The van der Waals surface area contributed by atoms with E-state index >= 15 is 0 Å². The van der Waals surface area contributed by atoms with Crippen LogP contribution >= 0.6 is 11.3 Å². The number of aryl methyl sites for hydroxylation is 1. The van der Waals surface area contributed by atoms with Crippen LogP contribution < -0.4 is 4.72 Å². The highest BCUT2D eigenvalue weighted by Gasteiger charge is 2.27. The highest BCUT2D eigenvalue weighted by molar-refractivity contribution is 7.89. The highest BCUT2D eigenvalue weighted by Crippen LogP contribution is 2.27. The molecule has 0 spiro atoms. The number of hydrogen-bond acceptors (Lipinski definition) is 5. The fraction of sp³-hybridized carbons (Fsp3) is 0.545. The molecule has 1 unspecified atom stereocenters. The fourth-order valence-electron chi connectivity index (χ4n) is 1.59. The van der Waals surface area contributed by atoms with Crippen molar-refractivity contribution in [3.63, 3.8) is 0 Å². The Morgan fingerprint density at radius 3 is 2.74 bits per heavy atom. The summed E-state index contributed by atoms with van der Waals surface area (Å²) in [5.74, 6) is -1.23. The van der Waals surface area contributed by atoms with Crippen LogP contribution in [0.15, 0.2) is 10.3 Å². The molecule has 0 radical (unpaired) electrons. The fourth-order valence-corrected chi connectivity index (χ4v) is 4.50. The minimum Gasteiger partial charge on any atom is -0.477 e. The number of carboxylic acids is 1. The predicted octanol–water partition coefficient (Wildman–Crippen LogP) is 1.46. The molecule has 0 bridgehead atoms. The molecule has 0 amide bonds. The Morgan fingerprint density at radius 2 is 2.21 bits per heavy atom. The van der Waals surface area contributed by atoms with Crippen molar-refractivity contribution in [1.82, 2.24) is 4.72 Å². The number of rotatable bonds is 7. The van der Waals surface area contributed by atoms with Crippen LogP contribution in [0.1, 0.15) is 28.6 Å². The number of aromatic carboxylic acids is 1. The summed E-state index contributed by atoms with van der Waals surface area (Å²) in [5, 5.41) is 10.5. The maximum absolute atomic E-state index is 12.2. The van der Waals surface area contributed by atoms with Crippen molar-refractivity contribution < 1.29 is 23.1 Å². The molecule has 0 saturated carbocycles. The van der Waals surface area contributed by atoms with Crippen molar-refractivity contribution in [2.75, 3.05) is 13.7 Å². The molecular weight excluding hydrogens is 290 g/mol. The van der Waals surface area contributed by atoms with E-state index in [1.54, 1.807) is 13.8 Å². The maximum Gasteiger partial charge on any atom is 0.347 e. The lowest BCUT2D eigenvalue weighted by Crippen LogP contribution is -2.34. The van der Waals surface area contributed by atoms with Crippen LogP contribution in [0.5, 0.6) is 0 Å². The minimum atomic E-state index is -3.83. The van der Waals surface area contributed by atoms with E-state index in [-0.39, 0.29) is 15.8 Å². The third-order valence-electron chi connectivity index (χ3n) is 2.49. The van der Waals surface area contributed by atoms with Gasteiger partial charge in [-0.3, -0.25) is 0 Å². The highest BCUT2D eigenvalue weighted by atomic mass is 32.2. The summed E-state index contributed by atoms with van der Waals surface area (Å²) in [7, 11) is -2.29. The first-order valence-electron chi connectivity index (χ1n) is 5.62. The van der Waals surface area contributed by atoms with Crippen molar-refractivity contribution >= 4 is 27.3 Å². The standard InChI is InChI=1S/C11H17NO5S2/c1-7-6-18-9(11(13)14)10(7)19(15,16)12-8(2)4-5-17-3/h6,8,12H,4-5H2,1-3H3,(H,13,14). The molecule has 2 N–H and O–H groups in total. The van der Waals surface area contributed by atoms with E-state index in [4.69, 9.17) is 9.84 Å². The van der Waals surface area contributed by atoms with E-state index in [2.05, 4.69) is 4.72 Å². The molecule has 0 saturated heterocycles. The van der Waals surface area contributed by atoms with Crippen LogP contribution in [-0.2, 0) is 14.8 Å². The van der Waals surface area contributed by atoms with Gasteiger partial charge in [-0.1, -0.05) is 0 Å². The summed E-state index contributed by atoms with van der Waals surface area (Å²) in [5.41, 5.74) is 0.439. The van der Waals surface area contributed by atoms with E-state index in [1.807, 2.05) is 0 Å². The van der Waals surface area contributed by atoms with E-state index in [1.165, 1.54) is 12.5 Å². The largest absolute Gasteiger partial charge is 0.477 e. The molecule has 1 atom stereocenters. The number of ether oxygens (including phenoxy) is 1. The Bertz CT molecular complexity index is 549. The molecule has 1 rings (SSSR count). The molecular formula is C11H17NO5S2. The smallest absolute Gasteiger partial charge is 0.347 e. The molecule has 19 heavy (non-hydrogen) atoms. The summed E-state index contributed by atoms with van der Waals surface area (Å²) in [6.07, 6.45) is 0.515. The molecule has 0 aliphatic heterocycles. The van der Waals surface area contributed by atoms with Gasteiger partial charge in [0.25, 0.3) is 0 Å². The van der Waals surface area contributed by atoms with Crippen LogP contribution in [0.3, 0.4) is 0 Å². The van der Waals surface area contributed by atoms with Crippen LogP contribution in [-0.4, -0.2) is 39.3 Å². The lowest BCUT2D eigenvalue weighted by atomic mass is 10.3. The monoisotopic (exact) mass is 307 g/mol. The average Bonchev–Trinajstić information content (AvgIpc) is 2.68. The van der Waals surface area contributed by atoms with E-state index in [0.29, 0.717) is 18.6 Å². The number of sulfonamides is 1. The number of carboxylic acid groups (broad SMARTS) is 1. The Morgan fingerprint density at radius 1 is 1.58 bits per heavy atom. The zero-order valence-corrected chi connectivity index (χ0v) is 12.6. The summed E-state index contributed by atoms with van der Waals surface area (Å²) in [6.45, 7) is 3.72. The zero-order chi connectivity index (χ0) is 14.6. The summed E-state index contributed by atoms with van der Waals surface area (Å²) < 4.78 is 31.8. The van der Waals surface area contributed by atoms with Crippen molar-refractivity contribution in [2.45, 2.75) is 31.2 Å². The second-order valence-electron chi connectivity index (χ2n) is 4.19. The van der Waals surface area contributed by atoms with E-state index < -0.39 is 16.0 Å². The maximum atomic E-state index is 12.2. The second-order valence-corrected chi connectivity index (χ2v) is 6.72.